The van der Waals surface area contributed by atoms with Crippen molar-refractivity contribution in [2.24, 2.45) is 7.05 Å². The third-order valence-corrected chi connectivity index (χ3v) is 3.20. The summed E-state index contributed by atoms with van der Waals surface area (Å²) < 4.78 is 2.03. The van der Waals surface area contributed by atoms with E-state index in [9.17, 15) is 0 Å². The summed E-state index contributed by atoms with van der Waals surface area (Å²) in [5, 5.41) is 0. The second-order valence-electron chi connectivity index (χ2n) is 4.42. The first-order valence-corrected chi connectivity index (χ1v) is 5.99. The Morgan fingerprint density at radius 3 is 2.56 bits per heavy atom. The molecular formula is C15H15N3. The molecule has 3 rings (SSSR count). The first-order valence-electron chi connectivity index (χ1n) is 5.99. The van der Waals surface area contributed by atoms with Crippen LogP contribution in [0.15, 0.2) is 48.8 Å². The summed E-state index contributed by atoms with van der Waals surface area (Å²) in [6.45, 7) is 2.01. The molecule has 0 fully saturated rings. The van der Waals surface area contributed by atoms with Crippen LogP contribution < -0.4 is 0 Å². The highest BCUT2D eigenvalue weighted by Gasteiger charge is 2.11. The SMILES string of the molecule is Cc1nc(-c2[nH]ccc2-c2ccccc2)cn1C. The van der Waals surface area contributed by atoms with Crippen LogP contribution in [-0.2, 0) is 7.05 Å². The highest BCUT2D eigenvalue weighted by Crippen LogP contribution is 2.30. The predicted molar refractivity (Wildman–Crippen MR) is 73.2 cm³/mol. The Hall–Kier alpha value is -2.29. The lowest BCUT2D eigenvalue weighted by Gasteiger charge is -2.01. The van der Waals surface area contributed by atoms with Crippen molar-refractivity contribution in [2.45, 2.75) is 6.92 Å². The van der Waals surface area contributed by atoms with E-state index in [1.165, 1.54) is 11.1 Å². The number of aryl methyl sites for hydroxylation is 2. The van der Waals surface area contributed by atoms with Gasteiger partial charge in [-0.15, -0.1) is 0 Å². The van der Waals surface area contributed by atoms with Gasteiger partial charge in [0.1, 0.15) is 11.5 Å². The highest BCUT2D eigenvalue weighted by atomic mass is 15.0. The summed E-state index contributed by atoms with van der Waals surface area (Å²) in [4.78, 5) is 7.86. The molecule has 2 heterocycles. The zero-order valence-corrected chi connectivity index (χ0v) is 10.5. The molecule has 18 heavy (non-hydrogen) atoms. The van der Waals surface area contributed by atoms with Crippen molar-refractivity contribution < 1.29 is 0 Å². The lowest BCUT2D eigenvalue weighted by molar-refractivity contribution is 0.858. The molecule has 1 aromatic carbocycles. The maximum atomic E-state index is 4.57. The molecule has 0 aliphatic heterocycles. The summed E-state index contributed by atoms with van der Waals surface area (Å²) >= 11 is 0. The molecule has 3 nitrogen and oxygen atoms in total. The van der Waals surface area contributed by atoms with Gasteiger partial charge < -0.3 is 9.55 Å². The summed E-state index contributed by atoms with van der Waals surface area (Å²) in [5.41, 5.74) is 4.45. The van der Waals surface area contributed by atoms with E-state index in [2.05, 4.69) is 40.3 Å². The standard InChI is InChI=1S/C15H15N3/c1-11-17-14(10-18(11)2)15-13(8-9-16-15)12-6-4-3-5-7-12/h3-10,16H,1-2H3. The average molecular weight is 237 g/mol. The largest absolute Gasteiger partial charge is 0.359 e. The Morgan fingerprint density at radius 1 is 1.11 bits per heavy atom. The molecule has 0 aliphatic rings. The third kappa shape index (κ3) is 1.74. The molecule has 0 radical (unpaired) electrons. The molecule has 3 aromatic rings. The Labute approximate surface area is 106 Å². The van der Waals surface area contributed by atoms with Crippen molar-refractivity contribution in [1.82, 2.24) is 14.5 Å². The van der Waals surface area contributed by atoms with E-state index in [4.69, 9.17) is 0 Å². The van der Waals surface area contributed by atoms with Crippen molar-refractivity contribution in [1.29, 1.82) is 0 Å². The maximum Gasteiger partial charge on any atom is 0.106 e. The number of aromatic nitrogens is 3. The monoisotopic (exact) mass is 237 g/mol. The predicted octanol–water partition coefficient (Wildman–Crippen LogP) is 3.39. The molecule has 0 amide bonds. The van der Waals surface area contributed by atoms with Crippen LogP contribution in [0.5, 0.6) is 0 Å². The quantitative estimate of drug-likeness (QED) is 0.728. The van der Waals surface area contributed by atoms with E-state index in [0.29, 0.717) is 0 Å². The van der Waals surface area contributed by atoms with Gasteiger partial charge in [0.05, 0.1) is 5.69 Å². The normalized spacial score (nSPS) is 10.8. The number of rotatable bonds is 2. The Kier molecular flexibility index (Phi) is 2.52. The van der Waals surface area contributed by atoms with Gasteiger partial charge in [0, 0.05) is 25.0 Å². The van der Waals surface area contributed by atoms with Gasteiger partial charge in [-0.25, -0.2) is 4.98 Å². The molecule has 0 saturated carbocycles. The topological polar surface area (TPSA) is 33.6 Å². The van der Waals surface area contributed by atoms with Gasteiger partial charge in [0.25, 0.3) is 0 Å². The smallest absolute Gasteiger partial charge is 0.106 e. The number of H-pyrrole nitrogens is 1. The molecular weight excluding hydrogens is 222 g/mol. The minimum atomic E-state index is 0.985. The fourth-order valence-electron chi connectivity index (χ4n) is 2.12. The number of nitrogens with zero attached hydrogens (tertiary/aromatic N) is 2. The van der Waals surface area contributed by atoms with Gasteiger partial charge in [0.2, 0.25) is 0 Å². The molecule has 2 aromatic heterocycles. The molecule has 90 valence electrons. The van der Waals surface area contributed by atoms with Crippen LogP contribution >= 0.6 is 0 Å². The third-order valence-electron chi connectivity index (χ3n) is 3.20. The van der Waals surface area contributed by atoms with Gasteiger partial charge in [-0.05, 0) is 18.6 Å². The summed E-state index contributed by atoms with van der Waals surface area (Å²) in [6, 6.07) is 12.5. The Bertz CT molecular complexity index is 643. The fraction of sp³-hybridized carbons (Fsp3) is 0.133. The van der Waals surface area contributed by atoms with Crippen molar-refractivity contribution in [3.8, 4) is 22.5 Å². The fourth-order valence-corrected chi connectivity index (χ4v) is 2.12. The second-order valence-corrected chi connectivity index (χ2v) is 4.42. The number of hydrogen-bond acceptors (Lipinski definition) is 1. The van der Waals surface area contributed by atoms with E-state index in [1.807, 2.05) is 37.0 Å². The van der Waals surface area contributed by atoms with Crippen LogP contribution in [0.3, 0.4) is 0 Å². The molecule has 0 aliphatic carbocycles. The summed E-state index contributed by atoms with van der Waals surface area (Å²) in [6.07, 6.45) is 4.01. The molecule has 0 atom stereocenters. The van der Waals surface area contributed by atoms with Crippen molar-refractivity contribution in [2.75, 3.05) is 0 Å². The number of imidazole rings is 1. The lowest BCUT2D eigenvalue weighted by Crippen LogP contribution is -1.86. The number of aromatic amines is 1. The van der Waals surface area contributed by atoms with E-state index in [-0.39, 0.29) is 0 Å². The van der Waals surface area contributed by atoms with Gasteiger partial charge in [-0.1, -0.05) is 30.3 Å². The highest BCUT2D eigenvalue weighted by molar-refractivity contribution is 5.79. The molecule has 1 N–H and O–H groups in total. The van der Waals surface area contributed by atoms with Gasteiger partial charge in [-0.2, -0.15) is 0 Å². The number of nitrogens with one attached hydrogen (secondary N) is 1. The van der Waals surface area contributed by atoms with Gasteiger partial charge in [0.15, 0.2) is 0 Å². The second kappa shape index (κ2) is 4.18. The molecule has 0 unspecified atom stereocenters. The van der Waals surface area contributed by atoms with E-state index in [0.717, 1.165) is 17.2 Å². The Morgan fingerprint density at radius 2 is 1.89 bits per heavy atom. The van der Waals surface area contributed by atoms with Gasteiger partial charge in [-0.3, -0.25) is 0 Å². The minimum absolute atomic E-state index is 0.985. The zero-order chi connectivity index (χ0) is 12.5. The number of benzene rings is 1. The van der Waals surface area contributed by atoms with Crippen LogP contribution in [0.25, 0.3) is 22.5 Å². The van der Waals surface area contributed by atoms with Crippen molar-refractivity contribution >= 4 is 0 Å². The first-order chi connectivity index (χ1) is 8.75. The molecule has 0 bridgehead atoms. The Balaban J connectivity index is 2.12. The van der Waals surface area contributed by atoms with Crippen LogP contribution in [-0.4, -0.2) is 14.5 Å². The van der Waals surface area contributed by atoms with Crippen LogP contribution in [0.2, 0.25) is 0 Å². The lowest BCUT2D eigenvalue weighted by atomic mass is 10.1. The first kappa shape index (κ1) is 10.8. The van der Waals surface area contributed by atoms with Crippen LogP contribution in [0, 0.1) is 6.92 Å². The molecule has 0 saturated heterocycles. The zero-order valence-electron chi connectivity index (χ0n) is 10.5. The van der Waals surface area contributed by atoms with Crippen LogP contribution in [0.4, 0.5) is 0 Å². The van der Waals surface area contributed by atoms with E-state index < -0.39 is 0 Å². The molecule has 3 heteroatoms. The van der Waals surface area contributed by atoms with E-state index in [1.54, 1.807) is 0 Å². The van der Waals surface area contributed by atoms with Gasteiger partial charge >= 0.3 is 0 Å². The minimum Gasteiger partial charge on any atom is -0.359 e. The summed E-state index contributed by atoms with van der Waals surface area (Å²) in [7, 11) is 2.01. The van der Waals surface area contributed by atoms with Crippen molar-refractivity contribution in [3.63, 3.8) is 0 Å². The average Bonchev–Trinajstić information content (AvgIpc) is 2.98. The van der Waals surface area contributed by atoms with Crippen LogP contribution in [0.1, 0.15) is 5.82 Å². The maximum absolute atomic E-state index is 4.57. The molecule has 0 spiro atoms. The summed E-state index contributed by atoms with van der Waals surface area (Å²) in [5.74, 6) is 1.01. The van der Waals surface area contributed by atoms with Crippen molar-refractivity contribution in [3.05, 3.63) is 54.6 Å². The number of hydrogen-bond donors (Lipinski definition) is 1. The van der Waals surface area contributed by atoms with E-state index >= 15 is 0 Å².